The van der Waals surface area contributed by atoms with Crippen LogP contribution in [0.3, 0.4) is 0 Å². The Bertz CT molecular complexity index is 524. The van der Waals surface area contributed by atoms with Crippen molar-refractivity contribution >= 4 is 12.0 Å². The Kier molecular flexibility index (Phi) is 5.95. The van der Waals surface area contributed by atoms with E-state index in [0.717, 1.165) is 17.7 Å². The van der Waals surface area contributed by atoms with Gasteiger partial charge in [-0.1, -0.05) is 19.1 Å². The first-order valence-electron chi connectivity index (χ1n) is 7.85. The van der Waals surface area contributed by atoms with E-state index in [-0.39, 0.29) is 12.0 Å². The van der Waals surface area contributed by atoms with Gasteiger partial charge >= 0.3 is 0 Å². The summed E-state index contributed by atoms with van der Waals surface area (Å²) in [7, 11) is 1.96. The van der Waals surface area contributed by atoms with Crippen LogP contribution in [-0.2, 0) is 4.79 Å². The van der Waals surface area contributed by atoms with Crippen LogP contribution in [-0.4, -0.2) is 48.1 Å². The molecule has 1 aromatic heterocycles. The average Bonchev–Trinajstić information content (AvgIpc) is 2.50. The molecule has 1 atom stereocenters. The summed E-state index contributed by atoms with van der Waals surface area (Å²) in [5.41, 5.74) is 1.03. The van der Waals surface area contributed by atoms with Crippen molar-refractivity contribution in [2.75, 3.05) is 20.1 Å². The molecule has 1 aromatic rings. The first-order valence-corrected chi connectivity index (χ1v) is 7.85. The number of carbonyl (C=O) groups is 1. The van der Waals surface area contributed by atoms with E-state index < -0.39 is 0 Å². The third-order valence-corrected chi connectivity index (χ3v) is 3.83. The van der Waals surface area contributed by atoms with Gasteiger partial charge in [0.25, 0.3) is 0 Å². The molecule has 0 aromatic carbocycles. The first kappa shape index (κ1) is 16.5. The number of aromatic nitrogens is 1. The van der Waals surface area contributed by atoms with Gasteiger partial charge in [0.15, 0.2) is 0 Å². The summed E-state index contributed by atoms with van der Waals surface area (Å²) >= 11 is 0. The van der Waals surface area contributed by atoms with E-state index >= 15 is 0 Å². The summed E-state index contributed by atoms with van der Waals surface area (Å²) in [5, 5.41) is 3.20. The maximum Gasteiger partial charge on any atom is 0.222 e. The van der Waals surface area contributed by atoms with Crippen molar-refractivity contribution in [3.8, 4) is 5.75 Å². The number of amides is 1. The predicted molar refractivity (Wildman–Crippen MR) is 87.7 cm³/mol. The van der Waals surface area contributed by atoms with Crippen molar-refractivity contribution in [2.24, 2.45) is 0 Å². The third kappa shape index (κ3) is 4.56. The van der Waals surface area contributed by atoms with Gasteiger partial charge in [-0.25, -0.2) is 0 Å². The van der Waals surface area contributed by atoms with Crippen LogP contribution in [0.2, 0.25) is 0 Å². The quantitative estimate of drug-likeness (QED) is 0.838. The third-order valence-electron chi connectivity index (χ3n) is 3.83. The summed E-state index contributed by atoms with van der Waals surface area (Å²) in [6.07, 6.45) is 9.34. The van der Waals surface area contributed by atoms with E-state index in [2.05, 4.69) is 29.4 Å². The molecule has 1 aliphatic heterocycles. The van der Waals surface area contributed by atoms with Gasteiger partial charge in [0.05, 0.1) is 19.3 Å². The molecule has 120 valence electrons. The second-order valence-corrected chi connectivity index (χ2v) is 5.67. The van der Waals surface area contributed by atoms with Crippen LogP contribution in [0, 0.1) is 0 Å². The van der Waals surface area contributed by atoms with Gasteiger partial charge in [0.2, 0.25) is 5.91 Å². The maximum atomic E-state index is 11.5. The molecule has 1 fully saturated rings. The zero-order valence-electron chi connectivity index (χ0n) is 13.6. The normalized spacial score (nSPS) is 16.6. The predicted octanol–water partition coefficient (Wildman–Crippen LogP) is 2.09. The number of nitrogens with one attached hydrogen (secondary N) is 1. The zero-order chi connectivity index (χ0) is 15.9. The molecule has 0 bridgehead atoms. The smallest absolute Gasteiger partial charge is 0.222 e. The minimum absolute atomic E-state index is 0.0841. The van der Waals surface area contributed by atoms with E-state index in [1.807, 2.05) is 31.1 Å². The Labute approximate surface area is 132 Å². The van der Waals surface area contributed by atoms with E-state index in [4.69, 9.17) is 4.74 Å². The monoisotopic (exact) mass is 303 g/mol. The van der Waals surface area contributed by atoms with Crippen LogP contribution in [0.5, 0.6) is 5.75 Å². The Balaban J connectivity index is 1.83. The number of likely N-dealkylation sites (tertiary alicyclic amines) is 1. The van der Waals surface area contributed by atoms with Gasteiger partial charge in [0, 0.05) is 18.7 Å². The van der Waals surface area contributed by atoms with Crippen molar-refractivity contribution < 1.29 is 9.53 Å². The lowest BCUT2D eigenvalue weighted by Gasteiger charge is -2.38. The summed E-state index contributed by atoms with van der Waals surface area (Å²) in [5.74, 6) is 0.950. The molecule has 2 rings (SSSR count). The molecular weight excluding hydrogens is 278 g/mol. The highest BCUT2D eigenvalue weighted by molar-refractivity contribution is 5.76. The lowest BCUT2D eigenvalue weighted by atomic mass is 10.1. The molecule has 1 N–H and O–H groups in total. The van der Waals surface area contributed by atoms with E-state index in [0.29, 0.717) is 25.6 Å². The molecule has 1 aliphatic rings. The molecule has 5 heteroatoms. The van der Waals surface area contributed by atoms with Crippen molar-refractivity contribution in [2.45, 2.75) is 38.8 Å². The maximum absolute atomic E-state index is 11.5. The zero-order valence-corrected chi connectivity index (χ0v) is 13.6. The van der Waals surface area contributed by atoms with Gasteiger partial charge in [-0.3, -0.25) is 9.78 Å². The Morgan fingerprint density at radius 3 is 3.00 bits per heavy atom. The van der Waals surface area contributed by atoms with Crippen LogP contribution in [0.15, 0.2) is 24.5 Å². The lowest BCUT2D eigenvalue weighted by Crippen LogP contribution is -2.56. The van der Waals surface area contributed by atoms with Gasteiger partial charge in [0.1, 0.15) is 11.9 Å². The average molecular weight is 303 g/mol. The Morgan fingerprint density at radius 1 is 1.55 bits per heavy atom. The molecule has 5 nitrogen and oxygen atoms in total. The Morgan fingerprint density at radius 2 is 2.32 bits per heavy atom. The number of pyridine rings is 1. The summed E-state index contributed by atoms with van der Waals surface area (Å²) in [6, 6.07) is 2.44. The summed E-state index contributed by atoms with van der Waals surface area (Å²) < 4.78 is 5.86. The number of ether oxygens (including phenoxy) is 1. The SMILES string of the molecule is CCC(=O)N1CC(Oc2cncc(/C=C/C[C@H](C)NC)c2)C1. The molecule has 1 saturated heterocycles. The number of rotatable bonds is 7. The van der Waals surface area contributed by atoms with Crippen LogP contribution in [0.1, 0.15) is 32.3 Å². The molecule has 0 aliphatic carbocycles. The molecule has 22 heavy (non-hydrogen) atoms. The van der Waals surface area contributed by atoms with Gasteiger partial charge in [-0.05, 0) is 32.0 Å². The first-order chi connectivity index (χ1) is 10.6. The van der Waals surface area contributed by atoms with Crippen LogP contribution in [0.4, 0.5) is 0 Å². The highest BCUT2D eigenvalue weighted by Gasteiger charge is 2.31. The van der Waals surface area contributed by atoms with E-state index in [1.54, 1.807) is 6.20 Å². The van der Waals surface area contributed by atoms with Crippen molar-refractivity contribution in [3.63, 3.8) is 0 Å². The molecule has 0 spiro atoms. The number of carbonyl (C=O) groups excluding carboxylic acids is 1. The highest BCUT2D eigenvalue weighted by Crippen LogP contribution is 2.19. The van der Waals surface area contributed by atoms with Crippen molar-refractivity contribution in [1.29, 1.82) is 0 Å². The number of nitrogens with zero attached hydrogens (tertiary/aromatic N) is 2. The summed E-state index contributed by atoms with van der Waals surface area (Å²) in [6.45, 7) is 5.37. The van der Waals surface area contributed by atoms with Crippen LogP contribution < -0.4 is 10.1 Å². The molecule has 0 saturated carbocycles. The second kappa shape index (κ2) is 7.94. The van der Waals surface area contributed by atoms with Gasteiger partial charge < -0.3 is 15.0 Å². The number of hydrogen-bond donors (Lipinski definition) is 1. The van der Waals surface area contributed by atoms with Crippen LogP contribution in [0.25, 0.3) is 6.08 Å². The minimum Gasteiger partial charge on any atom is -0.485 e. The minimum atomic E-state index is 0.0841. The molecule has 2 heterocycles. The fourth-order valence-electron chi connectivity index (χ4n) is 2.25. The second-order valence-electron chi connectivity index (χ2n) is 5.67. The van der Waals surface area contributed by atoms with Crippen molar-refractivity contribution in [3.05, 3.63) is 30.1 Å². The number of hydrogen-bond acceptors (Lipinski definition) is 4. The molecule has 0 unspecified atom stereocenters. The molecular formula is C17H25N3O2. The highest BCUT2D eigenvalue weighted by atomic mass is 16.5. The molecule has 0 radical (unpaired) electrons. The summed E-state index contributed by atoms with van der Waals surface area (Å²) in [4.78, 5) is 17.5. The van der Waals surface area contributed by atoms with E-state index in [1.165, 1.54) is 0 Å². The fourth-order valence-corrected chi connectivity index (χ4v) is 2.25. The van der Waals surface area contributed by atoms with Crippen molar-refractivity contribution in [1.82, 2.24) is 15.2 Å². The van der Waals surface area contributed by atoms with E-state index in [9.17, 15) is 4.79 Å². The largest absolute Gasteiger partial charge is 0.485 e. The van der Waals surface area contributed by atoms with Gasteiger partial charge in [-0.2, -0.15) is 0 Å². The lowest BCUT2D eigenvalue weighted by molar-refractivity contribution is -0.139. The fraction of sp³-hybridized carbons (Fsp3) is 0.529. The van der Waals surface area contributed by atoms with Crippen LogP contribution >= 0.6 is 0 Å². The standard InChI is InChI=1S/C17H25N3O2/c1-4-17(21)20-11-16(12-20)22-15-8-14(9-19-10-15)7-5-6-13(2)18-3/h5,7-10,13,16,18H,4,6,11-12H2,1-3H3/b7-5+/t13-/m0/s1. The molecule has 1 amide bonds. The topological polar surface area (TPSA) is 54.5 Å². The Hall–Kier alpha value is -1.88. The van der Waals surface area contributed by atoms with Gasteiger partial charge in [-0.15, -0.1) is 0 Å².